The highest BCUT2D eigenvalue weighted by atomic mass is 32.1. The van der Waals surface area contributed by atoms with E-state index in [4.69, 9.17) is 0 Å². The van der Waals surface area contributed by atoms with Crippen LogP contribution in [0.1, 0.15) is 42.5 Å². The Kier molecular flexibility index (Phi) is 8.05. The Morgan fingerprint density at radius 2 is 1.76 bits per heavy atom. The zero-order valence-electron chi connectivity index (χ0n) is 17.0. The Hall–Kier alpha value is -2.40. The number of thiophene rings is 1. The SMILES string of the molecule is C=CCN(CC(=O)N(Cc1ccccc1)Cc1cccs1)C(=O)C1CCCCC1. The second kappa shape index (κ2) is 11.0. The molecule has 2 aromatic rings. The fourth-order valence-electron chi connectivity index (χ4n) is 3.89. The van der Waals surface area contributed by atoms with Crippen molar-refractivity contribution in [1.29, 1.82) is 0 Å². The van der Waals surface area contributed by atoms with Crippen LogP contribution in [0.2, 0.25) is 0 Å². The van der Waals surface area contributed by atoms with Gasteiger partial charge in [-0.3, -0.25) is 9.59 Å². The molecule has 1 aliphatic carbocycles. The van der Waals surface area contributed by atoms with E-state index in [1.165, 1.54) is 6.42 Å². The lowest BCUT2D eigenvalue weighted by Crippen LogP contribution is -2.44. The third kappa shape index (κ3) is 6.29. The van der Waals surface area contributed by atoms with Crippen LogP contribution in [-0.2, 0) is 22.7 Å². The van der Waals surface area contributed by atoms with Crippen molar-refractivity contribution in [1.82, 2.24) is 9.80 Å². The Bertz CT molecular complexity index is 782. The van der Waals surface area contributed by atoms with Crippen LogP contribution in [0.5, 0.6) is 0 Å². The molecule has 0 aliphatic heterocycles. The highest BCUT2D eigenvalue weighted by Crippen LogP contribution is 2.25. The average Bonchev–Trinajstić information content (AvgIpc) is 3.27. The summed E-state index contributed by atoms with van der Waals surface area (Å²) < 4.78 is 0. The fraction of sp³-hybridized carbons (Fsp3) is 0.417. The van der Waals surface area contributed by atoms with E-state index in [9.17, 15) is 9.59 Å². The summed E-state index contributed by atoms with van der Waals surface area (Å²) in [6.07, 6.45) is 6.99. The van der Waals surface area contributed by atoms with E-state index in [2.05, 4.69) is 6.58 Å². The molecule has 4 nitrogen and oxygen atoms in total. The van der Waals surface area contributed by atoms with Gasteiger partial charge in [0.2, 0.25) is 11.8 Å². The van der Waals surface area contributed by atoms with Crippen LogP contribution >= 0.6 is 11.3 Å². The van der Waals surface area contributed by atoms with Gasteiger partial charge in [-0.15, -0.1) is 17.9 Å². The summed E-state index contributed by atoms with van der Waals surface area (Å²) in [6, 6.07) is 14.1. The third-order valence-corrected chi connectivity index (χ3v) is 6.30. The van der Waals surface area contributed by atoms with Crippen LogP contribution in [0.3, 0.4) is 0 Å². The molecule has 0 N–H and O–H groups in total. The summed E-state index contributed by atoms with van der Waals surface area (Å²) in [6.45, 7) is 5.42. The van der Waals surface area contributed by atoms with Crippen molar-refractivity contribution < 1.29 is 9.59 Å². The molecule has 1 aromatic carbocycles. The van der Waals surface area contributed by atoms with Crippen molar-refractivity contribution in [3.05, 3.63) is 70.9 Å². The first kappa shape index (κ1) is 21.3. The lowest BCUT2D eigenvalue weighted by molar-refractivity contribution is -0.143. The lowest BCUT2D eigenvalue weighted by atomic mass is 9.88. The van der Waals surface area contributed by atoms with Crippen LogP contribution in [0.4, 0.5) is 0 Å². The zero-order chi connectivity index (χ0) is 20.5. The molecule has 0 bridgehead atoms. The number of hydrogen-bond acceptors (Lipinski definition) is 3. The molecule has 0 radical (unpaired) electrons. The minimum atomic E-state index is -0.0201. The largest absolute Gasteiger partial charge is 0.332 e. The number of rotatable bonds is 9. The molecule has 1 heterocycles. The van der Waals surface area contributed by atoms with Crippen molar-refractivity contribution in [3.63, 3.8) is 0 Å². The van der Waals surface area contributed by atoms with E-state index >= 15 is 0 Å². The molecule has 0 atom stereocenters. The van der Waals surface area contributed by atoms with Gasteiger partial charge in [0.05, 0.1) is 6.54 Å². The number of amides is 2. The number of carbonyl (C=O) groups is 2. The smallest absolute Gasteiger partial charge is 0.242 e. The van der Waals surface area contributed by atoms with Crippen molar-refractivity contribution >= 4 is 23.2 Å². The van der Waals surface area contributed by atoms with Gasteiger partial charge in [-0.05, 0) is 29.9 Å². The highest BCUT2D eigenvalue weighted by molar-refractivity contribution is 7.09. The summed E-state index contributed by atoms with van der Waals surface area (Å²) in [4.78, 5) is 31.0. The molecule has 3 rings (SSSR count). The first-order valence-corrected chi connectivity index (χ1v) is 11.3. The van der Waals surface area contributed by atoms with Crippen LogP contribution < -0.4 is 0 Å². The number of nitrogens with zero attached hydrogens (tertiary/aromatic N) is 2. The maximum Gasteiger partial charge on any atom is 0.242 e. The normalized spacial score (nSPS) is 14.3. The van der Waals surface area contributed by atoms with Crippen LogP contribution in [-0.4, -0.2) is 34.7 Å². The van der Waals surface area contributed by atoms with Gasteiger partial charge >= 0.3 is 0 Å². The first-order chi connectivity index (χ1) is 14.2. The zero-order valence-corrected chi connectivity index (χ0v) is 17.8. The van der Waals surface area contributed by atoms with Gasteiger partial charge in [0.15, 0.2) is 0 Å². The van der Waals surface area contributed by atoms with E-state index in [1.54, 1.807) is 22.3 Å². The summed E-state index contributed by atoms with van der Waals surface area (Å²) >= 11 is 1.65. The Labute approximate surface area is 177 Å². The minimum Gasteiger partial charge on any atom is -0.332 e. The minimum absolute atomic E-state index is 0.0201. The lowest BCUT2D eigenvalue weighted by Gasteiger charge is -2.30. The predicted molar refractivity (Wildman–Crippen MR) is 118 cm³/mol. The quantitative estimate of drug-likeness (QED) is 0.553. The van der Waals surface area contributed by atoms with Gasteiger partial charge in [-0.25, -0.2) is 0 Å². The molecule has 2 amide bonds. The molecule has 1 saturated carbocycles. The van der Waals surface area contributed by atoms with Crippen molar-refractivity contribution in [2.75, 3.05) is 13.1 Å². The molecule has 0 spiro atoms. The standard InChI is InChI=1S/C24H30N2O2S/c1-2-15-25(24(28)21-12-7-4-8-13-21)19-23(27)26(18-22-14-9-16-29-22)17-20-10-5-3-6-11-20/h2-3,5-6,9-11,14,16,21H,1,4,7-8,12-13,15,17-19H2. The maximum atomic E-state index is 13.2. The summed E-state index contributed by atoms with van der Waals surface area (Å²) in [5.41, 5.74) is 1.09. The molecule has 154 valence electrons. The molecule has 29 heavy (non-hydrogen) atoms. The number of carbonyl (C=O) groups excluding carboxylic acids is 2. The second-order valence-electron chi connectivity index (χ2n) is 7.66. The Morgan fingerprint density at radius 1 is 1.00 bits per heavy atom. The van der Waals surface area contributed by atoms with Gasteiger partial charge in [-0.2, -0.15) is 0 Å². The van der Waals surface area contributed by atoms with Crippen molar-refractivity contribution in [3.8, 4) is 0 Å². The fourth-order valence-corrected chi connectivity index (χ4v) is 4.61. The van der Waals surface area contributed by atoms with E-state index < -0.39 is 0 Å². The van der Waals surface area contributed by atoms with Crippen LogP contribution in [0.25, 0.3) is 0 Å². The molecule has 0 unspecified atom stereocenters. The summed E-state index contributed by atoms with van der Waals surface area (Å²) in [5, 5.41) is 2.02. The Morgan fingerprint density at radius 3 is 2.41 bits per heavy atom. The van der Waals surface area contributed by atoms with Crippen molar-refractivity contribution in [2.24, 2.45) is 5.92 Å². The third-order valence-electron chi connectivity index (χ3n) is 5.44. The summed E-state index contributed by atoms with van der Waals surface area (Å²) in [5.74, 6) is 0.137. The molecule has 5 heteroatoms. The molecule has 0 saturated heterocycles. The van der Waals surface area contributed by atoms with Crippen molar-refractivity contribution in [2.45, 2.75) is 45.2 Å². The van der Waals surface area contributed by atoms with E-state index in [0.29, 0.717) is 19.6 Å². The topological polar surface area (TPSA) is 40.6 Å². The Balaban J connectivity index is 1.71. The van der Waals surface area contributed by atoms with Crippen LogP contribution in [0.15, 0.2) is 60.5 Å². The maximum absolute atomic E-state index is 13.2. The summed E-state index contributed by atoms with van der Waals surface area (Å²) in [7, 11) is 0. The molecule has 1 aliphatic rings. The van der Waals surface area contributed by atoms with E-state index in [-0.39, 0.29) is 24.3 Å². The molecule has 1 fully saturated rings. The van der Waals surface area contributed by atoms with Gasteiger partial charge in [-0.1, -0.05) is 61.7 Å². The molecule has 1 aromatic heterocycles. The van der Waals surface area contributed by atoms with E-state index in [1.807, 2.05) is 52.7 Å². The monoisotopic (exact) mass is 410 g/mol. The average molecular weight is 411 g/mol. The number of hydrogen-bond donors (Lipinski definition) is 0. The van der Waals surface area contributed by atoms with Gasteiger partial charge in [0.25, 0.3) is 0 Å². The number of benzene rings is 1. The second-order valence-corrected chi connectivity index (χ2v) is 8.69. The molecular weight excluding hydrogens is 380 g/mol. The van der Waals surface area contributed by atoms with Crippen LogP contribution in [0, 0.1) is 5.92 Å². The predicted octanol–water partition coefficient (Wildman–Crippen LogP) is 4.87. The van der Waals surface area contributed by atoms with Gasteiger partial charge < -0.3 is 9.80 Å². The van der Waals surface area contributed by atoms with Gasteiger partial charge in [0, 0.05) is 23.9 Å². The van der Waals surface area contributed by atoms with E-state index in [0.717, 1.165) is 36.1 Å². The molecular formula is C24H30N2O2S. The first-order valence-electron chi connectivity index (χ1n) is 10.4. The highest BCUT2D eigenvalue weighted by Gasteiger charge is 2.28. The van der Waals surface area contributed by atoms with Gasteiger partial charge in [0.1, 0.15) is 6.54 Å².